The quantitative estimate of drug-likeness (QED) is 0.135. The summed E-state index contributed by atoms with van der Waals surface area (Å²) < 4.78 is 2.17. The molecule has 0 aliphatic rings. The third-order valence-electron chi connectivity index (χ3n) is 6.01. The van der Waals surface area contributed by atoms with Crippen LogP contribution in [0.4, 0.5) is 11.4 Å². The molecule has 0 saturated carbocycles. The van der Waals surface area contributed by atoms with E-state index in [1.54, 1.807) is 0 Å². The van der Waals surface area contributed by atoms with Gasteiger partial charge in [-0.15, -0.1) is 11.1 Å². The van der Waals surface area contributed by atoms with E-state index in [1.165, 1.54) is 44.8 Å². The second-order valence-electron chi connectivity index (χ2n) is 8.03. The number of anilines is 2. The summed E-state index contributed by atoms with van der Waals surface area (Å²) in [6.07, 6.45) is 6.29. The fourth-order valence-corrected chi connectivity index (χ4v) is 4.40. The third kappa shape index (κ3) is 9.21. The van der Waals surface area contributed by atoms with Crippen molar-refractivity contribution in [3.8, 4) is 0 Å². The van der Waals surface area contributed by atoms with E-state index in [4.69, 9.17) is 0 Å². The zero-order chi connectivity index (χ0) is 24.8. The number of rotatable bonds is 13. The Kier molecular flexibility index (Phi) is 15.7. The number of nitrogens with one attached hydrogen (secondary N) is 2. The predicted octanol–water partition coefficient (Wildman–Crippen LogP) is 7.80. The zero-order valence-corrected chi connectivity index (χ0v) is 25.3. The Morgan fingerprint density at radius 1 is 0.758 bits per heavy atom. The summed E-state index contributed by atoms with van der Waals surface area (Å²) >= 11 is 9.74. The maximum absolute atomic E-state index is 3.74. The van der Waals surface area contributed by atoms with Gasteiger partial charge in [-0.05, 0) is 36.0 Å². The summed E-state index contributed by atoms with van der Waals surface area (Å²) in [5.41, 5.74) is 10.9. The molecular weight excluding hydrogens is 585 g/mol. The van der Waals surface area contributed by atoms with E-state index in [0.29, 0.717) is 0 Å². The summed E-state index contributed by atoms with van der Waals surface area (Å²) in [7, 11) is 0. The Bertz CT molecular complexity index is 792. The maximum atomic E-state index is 3.74. The summed E-state index contributed by atoms with van der Waals surface area (Å²) in [4.78, 5) is 0. The Morgan fingerprint density at radius 3 is 1.82 bits per heavy atom. The average molecular weight is 626 g/mol. The Morgan fingerprint density at radius 2 is 1.33 bits per heavy atom. The van der Waals surface area contributed by atoms with E-state index in [0.717, 1.165) is 58.3 Å². The fraction of sp³-hybridized carbons (Fsp3) is 0.556. The van der Waals surface area contributed by atoms with Gasteiger partial charge in [-0.1, -0.05) is 78.6 Å². The van der Waals surface area contributed by atoms with Gasteiger partial charge in [0.15, 0.2) is 0 Å². The van der Waals surface area contributed by atoms with Gasteiger partial charge < -0.3 is 10.6 Å². The molecule has 0 aromatic heterocycles. The predicted molar refractivity (Wildman–Crippen MR) is 150 cm³/mol. The van der Waals surface area contributed by atoms with Crippen LogP contribution in [0.3, 0.4) is 0 Å². The molecule has 0 amide bonds. The van der Waals surface area contributed by atoms with Crippen LogP contribution in [0.25, 0.3) is 0 Å². The first-order valence-corrected chi connectivity index (χ1v) is 15.5. The Hall–Kier alpha value is -0.534. The van der Waals surface area contributed by atoms with Crippen LogP contribution in [0.15, 0.2) is 18.2 Å². The van der Waals surface area contributed by atoms with Crippen LogP contribution in [0.1, 0.15) is 74.9 Å². The van der Waals surface area contributed by atoms with Crippen molar-refractivity contribution in [2.75, 3.05) is 30.4 Å². The van der Waals surface area contributed by atoms with Gasteiger partial charge in [-0.2, -0.15) is 17.7 Å². The van der Waals surface area contributed by atoms with Gasteiger partial charge in [0.25, 0.3) is 0 Å². The van der Waals surface area contributed by atoms with Crippen molar-refractivity contribution < 1.29 is 13.9 Å². The first-order valence-electron chi connectivity index (χ1n) is 12.2. The van der Waals surface area contributed by atoms with Crippen LogP contribution in [0, 0.1) is 6.07 Å². The molecule has 0 atom stereocenters. The molecule has 3 nitrogen and oxygen atoms in total. The molecule has 2 rings (SSSR count). The van der Waals surface area contributed by atoms with Crippen molar-refractivity contribution >= 4 is 41.7 Å². The molecule has 0 radical (unpaired) electrons. The van der Waals surface area contributed by atoms with E-state index < -0.39 is 0 Å². The summed E-state index contributed by atoms with van der Waals surface area (Å²) in [6.45, 7) is 16.0. The molecule has 0 fully saturated rings. The fourth-order valence-electron chi connectivity index (χ4n) is 4.10. The minimum absolute atomic E-state index is 0.761. The van der Waals surface area contributed by atoms with Crippen LogP contribution in [-0.2, 0) is 52.5 Å². The van der Waals surface area contributed by atoms with Gasteiger partial charge in [0, 0.05) is 34.9 Å². The molecule has 187 valence electrons. The van der Waals surface area contributed by atoms with Gasteiger partial charge in [0.1, 0.15) is 0 Å². The Labute approximate surface area is 226 Å². The summed E-state index contributed by atoms with van der Waals surface area (Å²) in [5.74, 6) is 0. The molecule has 0 spiro atoms. The van der Waals surface area contributed by atoms with Gasteiger partial charge >= 0.3 is 28.1 Å². The molecule has 2 aromatic rings. The second-order valence-corrected chi connectivity index (χ2v) is 9.03. The van der Waals surface area contributed by atoms with Crippen molar-refractivity contribution in [1.29, 1.82) is 0 Å². The molecule has 0 unspecified atom stereocenters. The molecule has 0 saturated heterocycles. The molecule has 0 aliphatic carbocycles. The SMILES string of the molecule is CCc1[c-]c(CC)c(NCN(Br)CCNc2c(CC)cc(CC)cc2CC)c(CC)c1.[Co+][Br]. The van der Waals surface area contributed by atoms with E-state index in [1.807, 2.05) is 0 Å². The molecule has 6 heteroatoms. The van der Waals surface area contributed by atoms with E-state index >= 15 is 0 Å². The van der Waals surface area contributed by atoms with Gasteiger partial charge in [0.05, 0.1) is 6.67 Å². The van der Waals surface area contributed by atoms with Crippen molar-refractivity contribution in [3.05, 3.63) is 57.6 Å². The summed E-state index contributed by atoms with van der Waals surface area (Å²) in [6, 6.07) is 10.6. The van der Waals surface area contributed by atoms with Gasteiger partial charge in [0.2, 0.25) is 0 Å². The summed E-state index contributed by atoms with van der Waals surface area (Å²) in [5, 5.41) is 7.38. The van der Waals surface area contributed by atoms with Crippen LogP contribution in [0.5, 0.6) is 0 Å². The number of nitrogens with zero attached hydrogens (tertiary/aromatic N) is 1. The zero-order valence-electron chi connectivity index (χ0n) is 21.1. The minimum atomic E-state index is 0.761. The van der Waals surface area contributed by atoms with Gasteiger partial charge in [-0.3, -0.25) is 0 Å². The van der Waals surface area contributed by atoms with Crippen LogP contribution < -0.4 is 10.6 Å². The molecule has 2 N–H and O–H groups in total. The third-order valence-corrected chi connectivity index (χ3v) is 6.62. The molecule has 33 heavy (non-hydrogen) atoms. The first kappa shape index (κ1) is 30.5. The van der Waals surface area contributed by atoms with E-state index in [2.05, 4.69) is 125 Å². The van der Waals surface area contributed by atoms with E-state index in [-0.39, 0.29) is 0 Å². The number of hydrogen-bond donors (Lipinski definition) is 2. The molecule has 2 aromatic carbocycles. The number of benzene rings is 2. The van der Waals surface area contributed by atoms with Crippen molar-refractivity contribution in [2.45, 2.75) is 80.1 Å². The standard InChI is InChI=1S/C27H41BrN3.BrH.Co/c1-7-20-15-22(9-3)26(23(10-4)16-20)29-13-14-31(28)19-30-27-24(11-5)17-21(8-2)18-25(27)12-6;;/h15-17,29-30H,7-14,19H2,1-6H3;1H;/q-1;;+2/p-1. The monoisotopic (exact) mass is 624 g/mol. The number of halogens is 2. The topological polar surface area (TPSA) is 27.3 Å². The average Bonchev–Trinajstić information content (AvgIpc) is 2.87. The van der Waals surface area contributed by atoms with Crippen molar-refractivity contribution in [3.63, 3.8) is 0 Å². The van der Waals surface area contributed by atoms with E-state index in [9.17, 15) is 0 Å². The number of hydrogen-bond acceptors (Lipinski definition) is 3. The first-order chi connectivity index (χ1) is 16.0. The van der Waals surface area contributed by atoms with Gasteiger partial charge in [-0.25, -0.2) is 3.93 Å². The molecular formula is C27H41Br2CoN3. The van der Waals surface area contributed by atoms with Crippen molar-refractivity contribution in [1.82, 2.24) is 3.93 Å². The van der Waals surface area contributed by atoms with Crippen LogP contribution in [-0.4, -0.2) is 23.7 Å². The Balaban J connectivity index is 0.00000265. The van der Waals surface area contributed by atoms with Crippen LogP contribution in [0.2, 0.25) is 0 Å². The van der Waals surface area contributed by atoms with Crippen molar-refractivity contribution in [2.24, 2.45) is 0 Å². The molecule has 0 bridgehead atoms. The normalized spacial score (nSPS) is 10.7. The number of aryl methyl sites for hydroxylation is 6. The second kappa shape index (κ2) is 17.0. The van der Waals surface area contributed by atoms with Crippen LogP contribution >= 0.6 is 30.3 Å². The molecule has 0 aliphatic heterocycles. The molecule has 0 heterocycles.